The van der Waals surface area contributed by atoms with Crippen molar-refractivity contribution in [1.29, 1.82) is 0 Å². The summed E-state index contributed by atoms with van der Waals surface area (Å²) in [7, 11) is 0. The molecule has 0 aromatic rings. The van der Waals surface area contributed by atoms with Gasteiger partial charge in [-0.2, -0.15) is 0 Å². The van der Waals surface area contributed by atoms with Crippen molar-refractivity contribution in [2.45, 2.75) is 0 Å². The molecular weight excluding hydrogens is 451 g/mol. The third-order valence-electron chi connectivity index (χ3n) is 0. The maximum absolute atomic E-state index is 0. The molecule has 0 bridgehead atoms. The van der Waals surface area contributed by atoms with Crippen LogP contribution in [0.5, 0.6) is 0 Å². The Bertz CT molecular complexity index is 8.04. The SMILES string of the molecule is [Al+3].[Br-].[Br-].[Br-].[Br-].[Br-].[Mg+2]. The molecule has 0 radical (unpaired) electrons. The van der Waals surface area contributed by atoms with Crippen LogP contribution in [0.25, 0.3) is 0 Å². The molecule has 0 aliphatic rings. The van der Waals surface area contributed by atoms with Crippen molar-refractivity contribution in [1.82, 2.24) is 0 Å². The predicted octanol–water partition coefficient (Wildman–Crippen LogP) is -15.7. The van der Waals surface area contributed by atoms with Gasteiger partial charge < -0.3 is 84.9 Å². The molecule has 0 amide bonds. The van der Waals surface area contributed by atoms with E-state index in [0.717, 1.165) is 0 Å². The number of rotatable bonds is 0. The number of hydrogen-bond donors (Lipinski definition) is 0. The summed E-state index contributed by atoms with van der Waals surface area (Å²) < 4.78 is 0. The molecule has 40 valence electrons. The van der Waals surface area contributed by atoms with E-state index in [4.69, 9.17) is 0 Å². The first kappa shape index (κ1) is 73.6. The van der Waals surface area contributed by atoms with E-state index in [-0.39, 0.29) is 125 Å². The molecule has 0 rings (SSSR count). The van der Waals surface area contributed by atoms with Gasteiger partial charge in [-0.1, -0.05) is 0 Å². The maximum Gasteiger partial charge on any atom is 3.00 e. The zero-order valence-electron chi connectivity index (χ0n) is 3.17. The molecule has 0 unspecified atom stereocenters. The summed E-state index contributed by atoms with van der Waals surface area (Å²) in [6.45, 7) is 0. The standard InChI is InChI=1S/Al.5BrH.Mg/h;5*1H;/q+3;;;;;;+2/p-5. The Labute approximate surface area is 123 Å². The van der Waals surface area contributed by atoms with Gasteiger partial charge in [0.05, 0.1) is 0 Å². The van der Waals surface area contributed by atoms with Gasteiger partial charge in [-0.25, -0.2) is 0 Å². The molecule has 0 saturated heterocycles. The summed E-state index contributed by atoms with van der Waals surface area (Å²) in [4.78, 5) is 0. The molecule has 0 saturated carbocycles. The van der Waals surface area contributed by atoms with E-state index in [0.29, 0.717) is 0 Å². The average molecular weight is 451 g/mol. The molecule has 0 aromatic heterocycles. The molecule has 0 atom stereocenters. The molecule has 0 fully saturated rings. The van der Waals surface area contributed by atoms with Gasteiger partial charge in [0.15, 0.2) is 0 Å². The van der Waals surface area contributed by atoms with Crippen LogP contribution in [0.4, 0.5) is 0 Å². The van der Waals surface area contributed by atoms with E-state index in [1.54, 1.807) is 0 Å². The molecule has 0 aliphatic heterocycles. The van der Waals surface area contributed by atoms with Gasteiger partial charge in [0.2, 0.25) is 0 Å². The third kappa shape index (κ3) is 42.0. The van der Waals surface area contributed by atoms with E-state index < -0.39 is 0 Å². The van der Waals surface area contributed by atoms with Gasteiger partial charge in [-0.15, -0.1) is 0 Å². The maximum atomic E-state index is 0. The van der Waals surface area contributed by atoms with E-state index in [9.17, 15) is 0 Å². The van der Waals surface area contributed by atoms with Crippen LogP contribution in [0, 0.1) is 0 Å². The van der Waals surface area contributed by atoms with Crippen molar-refractivity contribution in [2.75, 3.05) is 0 Å². The van der Waals surface area contributed by atoms with E-state index in [1.165, 1.54) is 0 Å². The Hall–Kier alpha value is 3.70. The minimum absolute atomic E-state index is 0. The van der Waals surface area contributed by atoms with E-state index >= 15 is 0 Å². The summed E-state index contributed by atoms with van der Waals surface area (Å²) in [5.41, 5.74) is 0. The van der Waals surface area contributed by atoms with Crippen molar-refractivity contribution >= 4 is 40.4 Å². The second-order valence-corrected chi connectivity index (χ2v) is 0. The van der Waals surface area contributed by atoms with Crippen molar-refractivity contribution in [2.24, 2.45) is 0 Å². The zero-order valence-corrected chi connectivity index (χ0v) is 13.7. The molecule has 7 heteroatoms. The molecule has 0 nitrogen and oxygen atoms in total. The molecule has 0 N–H and O–H groups in total. The smallest absolute Gasteiger partial charge is 1.00 e. The molecule has 0 aliphatic carbocycles. The van der Waals surface area contributed by atoms with Gasteiger partial charge >= 0.3 is 40.4 Å². The minimum atomic E-state index is 0. The number of halogens is 5. The van der Waals surface area contributed by atoms with Crippen LogP contribution in [0.2, 0.25) is 0 Å². The van der Waals surface area contributed by atoms with Crippen molar-refractivity contribution in [3.8, 4) is 0 Å². The summed E-state index contributed by atoms with van der Waals surface area (Å²) in [5, 5.41) is 0. The van der Waals surface area contributed by atoms with Crippen LogP contribution in [0.15, 0.2) is 0 Å². The average Bonchev–Trinajstić information content (AvgIpc) is 0. The normalized spacial score (nSPS) is 0. The first-order valence-electron chi connectivity index (χ1n) is 0. The summed E-state index contributed by atoms with van der Waals surface area (Å²) in [6, 6.07) is 0. The molecular formula is AlBr5Mg. The van der Waals surface area contributed by atoms with Crippen LogP contribution in [0.1, 0.15) is 0 Å². The fraction of sp³-hybridized carbons (Fsp3) is 0. The summed E-state index contributed by atoms with van der Waals surface area (Å²) >= 11 is 0. The van der Waals surface area contributed by atoms with Gasteiger partial charge in [-0.05, 0) is 0 Å². The summed E-state index contributed by atoms with van der Waals surface area (Å²) in [6.07, 6.45) is 0. The number of hydrogen-bond acceptors (Lipinski definition) is 0. The van der Waals surface area contributed by atoms with Crippen LogP contribution in [-0.2, 0) is 0 Å². The van der Waals surface area contributed by atoms with Crippen molar-refractivity contribution in [3.63, 3.8) is 0 Å². The zero-order chi connectivity index (χ0) is 0. The first-order chi connectivity index (χ1) is 0. The van der Waals surface area contributed by atoms with Crippen molar-refractivity contribution in [3.05, 3.63) is 0 Å². The van der Waals surface area contributed by atoms with Gasteiger partial charge in [0, 0.05) is 0 Å². The van der Waals surface area contributed by atoms with E-state index in [1.807, 2.05) is 0 Å². The Morgan fingerprint density at radius 1 is 0.429 bits per heavy atom. The first-order valence-corrected chi connectivity index (χ1v) is 0. The Morgan fingerprint density at radius 3 is 0.429 bits per heavy atom. The van der Waals surface area contributed by atoms with Crippen LogP contribution in [0.3, 0.4) is 0 Å². The minimum Gasteiger partial charge on any atom is -1.00 e. The monoisotopic (exact) mass is 446 g/mol. The Morgan fingerprint density at radius 2 is 0.429 bits per heavy atom. The molecule has 7 heavy (non-hydrogen) atoms. The Balaban J connectivity index is 0. The predicted molar refractivity (Wildman–Crippen MR) is 11.5 cm³/mol. The fourth-order valence-electron chi connectivity index (χ4n) is 0. The van der Waals surface area contributed by atoms with Crippen LogP contribution < -0.4 is 84.9 Å². The molecule has 0 aromatic carbocycles. The topological polar surface area (TPSA) is 0 Å². The van der Waals surface area contributed by atoms with Crippen molar-refractivity contribution < 1.29 is 84.9 Å². The fourth-order valence-corrected chi connectivity index (χ4v) is 0. The summed E-state index contributed by atoms with van der Waals surface area (Å²) in [5.74, 6) is 0. The van der Waals surface area contributed by atoms with E-state index in [2.05, 4.69) is 0 Å². The van der Waals surface area contributed by atoms with Gasteiger partial charge in [-0.3, -0.25) is 0 Å². The quantitative estimate of drug-likeness (QED) is 0.322. The Kier molecular flexibility index (Phi) is 564. The second-order valence-electron chi connectivity index (χ2n) is 0. The largest absolute Gasteiger partial charge is 3.00 e. The molecule has 0 spiro atoms. The van der Waals surface area contributed by atoms with Gasteiger partial charge in [0.25, 0.3) is 0 Å². The molecule has 0 heterocycles. The second kappa shape index (κ2) is 53.6. The third-order valence-corrected chi connectivity index (χ3v) is 0. The van der Waals surface area contributed by atoms with Crippen LogP contribution in [-0.4, -0.2) is 40.4 Å². The van der Waals surface area contributed by atoms with Crippen LogP contribution >= 0.6 is 0 Å². The van der Waals surface area contributed by atoms with Gasteiger partial charge in [0.1, 0.15) is 0 Å².